The van der Waals surface area contributed by atoms with Gasteiger partial charge in [0.15, 0.2) is 0 Å². The molecule has 0 spiro atoms. The van der Waals surface area contributed by atoms with Crippen molar-refractivity contribution in [3.8, 4) is 0 Å². The maximum Gasteiger partial charge on any atom is 0.0310 e. The van der Waals surface area contributed by atoms with E-state index in [1.165, 1.54) is 161 Å². The first kappa shape index (κ1) is 98.9. The Morgan fingerprint density at radius 3 is 1.48 bits per heavy atom. The van der Waals surface area contributed by atoms with Gasteiger partial charge < -0.3 is 19.6 Å². The van der Waals surface area contributed by atoms with Crippen LogP contribution in [-0.2, 0) is 0 Å². The molecule has 0 aromatic heterocycles. The minimum atomic E-state index is 0.532. The molecule has 0 aromatic rings. The topological polar surface area (TPSA) is 25.9 Å². The predicted molar refractivity (Wildman–Crippen MR) is 470 cm³/mol. The van der Waals surface area contributed by atoms with E-state index in [1.807, 2.05) is 0 Å². The van der Waals surface area contributed by atoms with Crippen molar-refractivity contribution in [3.63, 3.8) is 0 Å². The Labute approximate surface area is 652 Å². The number of hydrogen-bond donors (Lipinski definition) is 0. The van der Waals surface area contributed by atoms with Crippen molar-refractivity contribution in [2.45, 2.75) is 403 Å². The quantitative estimate of drug-likeness (QED) is 0.141. The molecule has 0 bridgehead atoms. The van der Waals surface area contributed by atoms with E-state index in [0.29, 0.717) is 54.3 Å². The molecule has 5 unspecified atom stereocenters. The third-order valence-corrected chi connectivity index (χ3v) is 23.1. The number of hydrogen-bond acceptors (Lipinski definition) is 8. The van der Waals surface area contributed by atoms with Crippen LogP contribution in [0.1, 0.15) is 331 Å². The summed E-state index contributed by atoms with van der Waals surface area (Å²) < 4.78 is 0. The molecular weight excluding hydrogens is 1270 g/mol. The molecule has 0 aromatic carbocycles. The molecule has 0 radical (unpaired) electrons. The summed E-state index contributed by atoms with van der Waals surface area (Å²) in [6.45, 7) is 83.6. The van der Waals surface area contributed by atoms with Gasteiger partial charge in [0.05, 0.1) is 0 Å². The first-order chi connectivity index (χ1) is 49.0. The van der Waals surface area contributed by atoms with Crippen molar-refractivity contribution in [1.29, 1.82) is 0 Å². The van der Waals surface area contributed by atoms with E-state index >= 15 is 0 Å². The van der Waals surface area contributed by atoms with Crippen LogP contribution in [0.4, 0.5) is 0 Å². The zero-order valence-electron chi connectivity index (χ0n) is 75.5. The Kier molecular flexibility index (Phi) is 52.6. The van der Waals surface area contributed by atoms with E-state index in [4.69, 9.17) is 0 Å². The molecule has 1 fully saturated rings. The molecule has 8 heteroatoms. The number of allylic oxidation sites excluding steroid dienone is 10. The Hall–Kier alpha value is -3.14. The fourth-order valence-corrected chi connectivity index (χ4v) is 15.9. The molecule has 606 valence electrons. The summed E-state index contributed by atoms with van der Waals surface area (Å²) in [6, 6.07) is 8.23. The average molecular weight is 1450 g/mol. The second-order valence-electron chi connectivity index (χ2n) is 36.9. The smallest absolute Gasteiger partial charge is 0.0310 e. The number of nitrogens with zero attached hydrogens (tertiary/aromatic N) is 8. The molecule has 1 saturated heterocycles. The van der Waals surface area contributed by atoms with Crippen molar-refractivity contribution in [2.24, 2.45) is 53.3 Å². The highest BCUT2D eigenvalue weighted by atomic mass is 15.2. The Morgan fingerprint density at radius 2 is 0.942 bits per heavy atom. The minimum absolute atomic E-state index is 0.532. The van der Waals surface area contributed by atoms with Gasteiger partial charge >= 0.3 is 0 Å². The van der Waals surface area contributed by atoms with Gasteiger partial charge in [-0.25, -0.2) is 0 Å². The van der Waals surface area contributed by atoms with Crippen molar-refractivity contribution in [2.75, 3.05) is 52.4 Å². The van der Waals surface area contributed by atoms with Gasteiger partial charge in [-0.1, -0.05) is 189 Å². The molecule has 0 N–H and O–H groups in total. The highest BCUT2D eigenvalue weighted by Gasteiger charge is 2.28. The lowest BCUT2D eigenvalue weighted by Gasteiger charge is -2.35. The van der Waals surface area contributed by atoms with Crippen LogP contribution in [0.2, 0.25) is 0 Å². The second-order valence-corrected chi connectivity index (χ2v) is 36.9. The monoisotopic (exact) mass is 1450 g/mol. The molecule has 5 atom stereocenters. The molecular formula is C96H182N8. The molecule has 0 amide bonds. The Balaban J connectivity index is 0.000000594. The van der Waals surface area contributed by atoms with Crippen LogP contribution in [0.5, 0.6) is 0 Å². The highest BCUT2D eigenvalue weighted by Crippen LogP contribution is 2.29. The normalized spacial score (nSPS) is 23.0. The molecule has 8 nitrogen and oxygen atoms in total. The average Bonchev–Trinajstić information content (AvgIpc) is 1.55. The van der Waals surface area contributed by atoms with Gasteiger partial charge in [-0.2, -0.15) is 0 Å². The highest BCUT2D eigenvalue weighted by molar-refractivity contribution is 5.23. The minimum Gasteiger partial charge on any atom is -0.375 e. The summed E-state index contributed by atoms with van der Waals surface area (Å²) in [6.07, 6.45) is 56.7. The molecule has 0 saturated carbocycles. The van der Waals surface area contributed by atoms with Gasteiger partial charge in [0.1, 0.15) is 0 Å². The molecule has 0 aliphatic carbocycles. The zero-order chi connectivity index (χ0) is 78.8. The SMILES string of the molecule is CC(C)C1=CC=CC=CN1C(C)C.CC(C)C1=CCCCN(C(C)C)C1.CC(C)C1=CN(C(C)C)CCCC1.CC(C)C1C=CCCCN1C(C)C.CC(C)C1CC=CCCN1C(C)C.CC(C)C1CCC=CCN1C(C)C.CC(C)C1CCCC=CN1C(C)C.CC(C)C1CCCCN(C(C)C)C1. The van der Waals surface area contributed by atoms with Gasteiger partial charge in [0.25, 0.3) is 0 Å². The first-order valence-corrected chi connectivity index (χ1v) is 44.1. The molecule has 8 heterocycles. The largest absolute Gasteiger partial charge is 0.375 e. The first-order valence-electron chi connectivity index (χ1n) is 44.1. The lowest BCUT2D eigenvalue weighted by atomic mass is 9.91. The molecule has 8 rings (SSSR count). The van der Waals surface area contributed by atoms with E-state index in [2.05, 4.69) is 352 Å². The third-order valence-electron chi connectivity index (χ3n) is 23.1. The van der Waals surface area contributed by atoms with E-state index < -0.39 is 0 Å². The van der Waals surface area contributed by atoms with Crippen molar-refractivity contribution >= 4 is 0 Å². The summed E-state index contributed by atoms with van der Waals surface area (Å²) in [4.78, 5) is 20.5. The lowest BCUT2D eigenvalue weighted by molar-refractivity contribution is 0.125. The summed E-state index contributed by atoms with van der Waals surface area (Å²) in [7, 11) is 0. The van der Waals surface area contributed by atoms with Crippen LogP contribution in [-0.4, -0.2) is 164 Å². The van der Waals surface area contributed by atoms with Crippen molar-refractivity contribution in [1.82, 2.24) is 39.2 Å². The van der Waals surface area contributed by atoms with Crippen LogP contribution < -0.4 is 0 Å². The maximum atomic E-state index is 2.65. The summed E-state index contributed by atoms with van der Waals surface area (Å²) in [5.41, 5.74) is 4.65. The van der Waals surface area contributed by atoms with Crippen LogP contribution in [0.15, 0.2) is 108 Å². The van der Waals surface area contributed by atoms with Crippen molar-refractivity contribution in [3.05, 3.63) is 108 Å². The summed E-state index contributed by atoms with van der Waals surface area (Å²) in [5, 5.41) is 0. The fraction of sp³-hybridized carbons (Fsp3) is 0.812. The summed E-state index contributed by atoms with van der Waals surface area (Å²) >= 11 is 0. The van der Waals surface area contributed by atoms with Gasteiger partial charge in [-0.15, -0.1) is 0 Å². The standard InChI is InChI=1S/C12H25N.6C12H23N.C12H19N/c3*1-10(2)12-7-5-6-8-13(9-12)11(3)4;5*1-10(2)12-8-6-5-7-9-13(12)11(3)4/h10-12H,5-9H2,1-4H3;9-11H,5-8H2,1-4H3;7,10-11H,5-6,8-9H2,1-4H3;7,9-12H,5-6,8H2,1-4H3;6,8,10-12H,5,7,9H2,1-4H3;5,7,10-12H,6,8-9H2,1-4H3;5-6,10-12H,7-9H2,1-4H3;5-11H,1-4H3. The van der Waals surface area contributed by atoms with E-state index in [0.717, 1.165) is 78.1 Å². The zero-order valence-corrected chi connectivity index (χ0v) is 75.5. The predicted octanol–water partition coefficient (Wildman–Crippen LogP) is 25.6. The van der Waals surface area contributed by atoms with Gasteiger partial charge in [-0.05, 0) is 311 Å². The van der Waals surface area contributed by atoms with Gasteiger partial charge in [0.2, 0.25) is 0 Å². The summed E-state index contributed by atoms with van der Waals surface area (Å²) in [5.74, 6) is 6.87. The lowest BCUT2D eigenvalue weighted by Crippen LogP contribution is -2.43. The third kappa shape index (κ3) is 40.0. The van der Waals surface area contributed by atoms with Crippen LogP contribution in [0, 0.1) is 53.3 Å². The molecule has 104 heavy (non-hydrogen) atoms. The Morgan fingerprint density at radius 1 is 0.356 bits per heavy atom. The van der Waals surface area contributed by atoms with Gasteiger partial charge in [0, 0.05) is 117 Å². The number of likely N-dealkylation sites (tertiary alicyclic amines) is 1. The van der Waals surface area contributed by atoms with E-state index in [9.17, 15) is 0 Å². The van der Waals surface area contributed by atoms with Crippen LogP contribution in [0.3, 0.4) is 0 Å². The van der Waals surface area contributed by atoms with Crippen LogP contribution >= 0.6 is 0 Å². The van der Waals surface area contributed by atoms with E-state index in [-0.39, 0.29) is 0 Å². The number of rotatable bonds is 16. The fourth-order valence-electron chi connectivity index (χ4n) is 15.9. The Bertz CT molecular complexity index is 2310. The van der Waals surface area contributed by atoms with Crippen LogP contribution in [0.25, 0.3) is 0 Å². The van der Waals surface area contributed by atoms with E-state index in [1.54, 1.807) is 11.1 Å². The van der Waals surface area contributed by atoms with Gasteiger partial charge in [-0.3, -0.25) is 19.6 Å². The maximum absolute atomic E-state index is 2.65. The molecule has 8 aliphatic heterocycles. The van der Waals surface area contributed by atoms with Crippen molar-refractivity contribution < 1.29 is 0 Å². The molecule has 8 aliphatic rings. The second kappa shape index (κ2) is 55.3.